The number of carboxylic acids is 1. The molecule has 2 aromatic carbocycles. The first-order chi connectivity index (χ1) is 13.0. The number of halogens is 1. The monoisotopic (exact) mass is 430 g/mol. The lowest BCUT2D eigenvalue weighted by Crippen LogP contribution is -2.27. The van der Waals surface area contributed by atoms with Gasteiger partial charge in [0, 0.05) is 22.9 Å². The summed E-state index contributed by atoms with van der Waals surface area (Å²) in [4.78, 5) is 23.5. The number of hydrogen-bond donors (Lipinski definition) is 1. The molecule has 0 unspecified atom stereocenters. The van der Waals surface area contributed by atoms with Crippen LogP contribution < -0.4 is 4.74 Å². The molecule has 1 amide bonds. The number of benzene rings is 2. The van der Waals surface area contributed by atoms with Gasteiger partial charge in [0.05, 0.1) is 25.3 Å². The molecule has 3 rings (SSSR count). The van der Waals surface area contributed by atoms with Crippen molar-refractivity contribution < 1.29 is 19.4 Å². The largest absolute Gasteiger partial charge is 0.497 e. The maximum atomic E-state index is 12.6. The van der Waals surface area contributed by atoms with Crippen LogP contribution in [0.25, 0.3) is 0 Å². The predicted octanol–water partition coefficient (Wildman–Crippen LogP) is 4.00. The van der Waals surface area contributed by atoms with Gasteiger partial charge in [-0.15, -0.1) is 0 Å². The molecule has 0 fully saturated rings. The molecule has 1 heterocycles. The van der Waals surface area contributed by atoms with Crippen molar-refractivity contribution in [3.05, 3.63) is 64.1 Å². The summed E-state index contributed by atoms with van der Waals surface area (Å²) in [7, 11) is 1.60. The van der Waals surface area contributed by atoms with Gasteiger partial charge < -0.3 is 9.84 Å². The maximum absolute atomic E-state index is 12.6. The van der Waals surface area contributed by atoms with Crippen molar-refractivity contribution in [3.63, 3.8) is 0 Å². The van der Waals surface area contributed by atoms with E-state index in [0.29, 0.717) is 12.2 Å². The summed E-state index contributed by atoms with van der Waals surface area (Å²) in [6.07, 6.45) is 0.238. The lowest BCUT2D eigenvalue weighted by molar-refractivity contribution is -0.141. The molecule has 0 saturated carbocycles. The Balaban J connectivity index is 1.93. The zero-order valence-electron chi connectivity index (χ0n) is 14.8. The van der Waals surface area contributed by atoms with Gasteiger partial charge in [-0.2, -0.15) is 5.10 Å². The summed E-state index contributed by atoms with van der Waals surface area (Å²) in [5, 5.41) is 14.8. The molecule has 27 heavy (non-hydrogen) atoms. The van der Waals surface area contributed by atoms with Crippen LogP contribution in [-0.2, 0) is 9.59 Å². The first-order valence-corrected chi connectivity index (χ1v) is 9.28. The Labute approximate surface area is 165 Å². The van der Waals surface area contributed by atoms with Crippen molar-refractivity contribution >= 4 is 33.5 Å². The van der Waals surface area contributed by atoms with E-state index in [0.717, 1.165) is 21.3 Å². The fourth-order valence-corrected chi connectivity index (χ4v) is 3.44. The van der Waals surface area contributed by atoms with E-state index in [-0.39, 0.29) is 24.8 Å². The number of aliphatic carboxylic acids is 1. The van der Waals surface area contributed by atoms with Crippen molar-refractivity contribution in [1.82, 2.24) is 5.01 Å². The molecular weight excluding hydrogens is 412 g/mol. The predicted molar refractivity (Wildman–Crippen MR) is 105 cm³/mol. The van der Waals surface area contributed by atoms with Crippen LogP contribution in [0.15, 0.2) is 58.1 Å². The highest BCUT2D eigenvalue weighted by molar-refractivity contribution is 9.10. The van der Waals surface area contributed by atoms with Gasteiger partial charge in [0.15, 0.2) is 0 Å². The Hall–Kier alpha value is -2.67. The number of carboxylic acid groups (broad SMARTS) is 1. The molecule has 0 aliphatic carbocycles. The van der Waals surface area contributed by atoms with Crippen LogP contribution in [0.5, 0.6) is 5.75 Å². The van der Waals surface area contributed by atoms with Gasteiger partial charge in [-0.05, 0) is 29.8 Å². The molecule has 0 spiro atoms. The van der Waals surface area contributed by atoms with E-state index in [1.54, 1.807) is 7.11 Å². The summed E-state index contributed by atoms with van der Waals surface area (Å²) in [6, 6.07) is 15.0. The molecular formula is C20H19BrN2O4. The van der Waals surface area contributed by atoms with Crippen LogP contribution in [0.2, 0.25) is 0 Å². The first kappa shape index (κ1) is 19.1. The van der Waals surface area contributed by atoms with Crippen LogP contribution in [0.3, 0.4) is 0 Å². The highest BCUT2D eigenvalue weighted by Gasteiger charge is 2.33. The van der Waals surface area contributed by atoms with E-state index in [4.69, 9.17) is 9.84 Å². The smallest absolute Gasteiger partial charge is 0.303 e. The number of nitrogens with zero attached hydrogens (tertiary/aromatic N) is 2. The summed E-state index contributed by atoms with van der Waals surface area (Å²) in [5.74, 6) is -0.594. The zero-order chi connectivity index (χ0) is 19.4. The molecule has 1 N–H and O–H groups in total. The summed E-state index contributed by atoms with van der Waals surface area (Å²) in [5.41, 5.74) is 2.58. The minimum atomic E-state index is -1.00. The average molecular weight is 431 g/mol. The van der Waals surface area contributed by atoms with E-state index >= 15 is 0 Å². The standard InChI is InChI=1S/C20H19BrN2O4/c1-27-16-7-3-4-13(11-16)17-12-18(14-5-2-6-15(21)10-14)23(22-17)19(24)8-9-20(25)26/h2-7,10-11,18H,8-9,12H2,1H3,(H,25,26)/t18-/m1/s1. The third-order valence-corrected chi connectivity index (χ3v) is 4.85. The van der Waals surface area contributed by atoms with Gasteiger partial charge >= 0.3 is 5.97 Å². The first-order valence-electron chi connectivity index (χ1n) is 8.49. The third-order valence-electron chi connectivity index (χ3n) is 4.36. The second-order valence-corrected chi connectivity index (χ2v) is 7.10. The van der Waals surface area contributed by atoms with Crippen molar-refractivity contribution in [2.75, 3.05) is 7.11 Å². The summed E-state index contributed by atoms with van der Waals surface area (Å²) < 4.78 is 6.18. The number of ether oxygens (including phenoxy) is 1. The van der Waals surface area contributed by atoms with Crippen molar-refractivity contribution in [1.29, 1.82) is 0 Å². The van der Waals surface area contributed by atoms with Crippen LogP contribution in [0.1, 0.15) is 36.4 Å². The van der Waals surface area contributed by atoms with Gasteiger partial charge in [-0.1, -0.05) is 40.2 Å². The molecule has 1 aliphatic heterocycles. The number of carbonyl (C=O) groups is 2. The minimum absolute atomic E-state index is 0.0886. The molecule has 6 nitrogen and oxygen atoms in total. The number of hydrazone groups is 1. The SMILES string of the molecule is COc1cccc(C2=NN(C(=O)CCC(=O)O)[C@@H](c3cccc(Br)c3)C2)c1. The number of methoxy groups -OCH3 is 1. The zero-order valence-corrected chi connectivity index (χ0v) is 16.3. The van der Waals surface area contributed by atoms with Gasteiger partial charge in [0.2, 0.25) is 5.91 Å². The van der Waals surface area contributed by atoms with Crippen molar-refractivity contribution in [2.45, 2.75) is 25.3 Å². The van der Waals surface area contributed by atoms with Crippen molar-refractivity contribution in [2.24, 2.45) is 5.10 Å². The molecule has 1 aliphatic rings. The Kier molecular flexibility index (Phi) is 5.91. The quantitative estimate of drug-likeness (QED) is 0.750. The second-order valence-electron chi connectivity index (χ2n) is 6.19. The van der Waals surface area contributed by atoms with E-state index in [9.17, 15) is 9.59 Å². The molecule has 0 bridgehead atoms. The van der Waals surface area contributed by atoms with Gasteiger partial charge in [-0.25, -0.2) is 5.01 Å². The van der Waals surface area contributed by atoms with E-state index < -0.39 is 5.97 Å². The molecule has 0 radical (unpaired) electrons. The Morgan fingerprint density at radius 3 is 2.70 bits per heavy atom. The van der Waals surface area contributed by atoms with Gasteiger partial charge in [0.1, 0.15) is 5.75 Å². The van der Waals surface area contributed by atoms with Crippen molar-refractivity contribution in [3.8, 4) is 5.75 Å². The van der Waals surface area contributed by atoms with Gasteiger partial charge in [0.25, 0.3) is 0 Å². The van der Waals surface area contributed by atoms with Crippen LogP contribution >= 0.6 is 15.9 Å². The van der Waals surface area contributed by atoms with E-state index in [1.807, 2.05) is 48.5 Å². The maximum Gasteiger partial charge on any atom is 0.303 e. The molecule has 140 valence electrons. The normalized spacial score (nSPS) is 16.1. The molecule has 0 aromatic heterocycles. The molecule has 1 atom stereocenters. The van der Waals surface area contributed by atoms with E-state index in [2.05, 4.69) is 21.0 Å². The molecule has 0 saturated heterocycles. The van der Waals surface area contributed by atoms with Crippen LogP contribution in [0, 0.1) is 0 Å². The lowest BCUT2D eigenvalue weighted by atomic mass is 9.98. The third kappa shape index (κ3) is 4.54. The Bertz CT molecular complexity index is 897. The minimum Gasteiger partial charge on any atom is -0.497 e. The highest BCUT2D eigenvalue weighted by atomic mass is 79.9. The number of carbonyl (C=O) groups excluding carboxylic acids is 1. The second kappa shape index (κ2) is 8.35. The van der Waals surface area contributed by atoms with Crippen LogP contribution in [0.4, 0.5) is 0 Å². The lowest BCUT2D eigenvalue weighted by Gasteiger charge is -2.22. The number of amides is 1. The summed E-state index contributed by atoms with van der Waals surface area (Å²) >= 11 is 3.46. The number of rotatable bonds is 6. The topological polar surface area (TPSA) is 79.2 Å². The number of hydrogen-bond acceptors (Lipinski definition) is 4. The Morgan fingerprint density at radius 2 is 2.00 bits per heavy atom. The average Bonchev–Trinajstić information content (AvgIpc) is 3.11. The highest BCUT2D eigenvalue weighted by Crippen LogP contribution is 2.34. The molecule has 2 aromatic rings. The fraction of sp³-hybridized carbons (Fsp3) is 0.250. The summed E-state index contributed by atoms with van der Waals surface area (Å²) in [6.45, 7) is 0. The van der Waals surface area contributed by atoms with Crippen LogP contribution in [-0.4, -0.2) is 34.8 Å². The Morgan fingerprint density at radius 1 is 1.22 bits per heavy atom. The van der Waals surface area contributed by atoms with Gasteiger partial charge in [-0.3, -0.25) is 9.59 Å². The fourth-order valence-electron chi connectivity index (χ4n) is 3.02. The van der Waals surface area contributed by atoms with E-state index in [1.165, 1.54) is 5.01 Å². The molecule has 7 heteroatoms.